The molecule has 0 fully saturated rings. The van der Waals surface area contributed by atoms with Crippen LogP contribution in [0.2, 0.25) is 0 Å². The van der Waals surface area contributed by atoms with Crippen LogP contribution in [0.1, 0.15) is 28.9 Å². The molecular formula is C23H28N2O2. The molecule has 0 saturated heterocycles. The first kappa shape index (κ1) is 19.2. The number of aliphatic hydroxyl groups excluding tert-OH is 1. The van der Waals surface area contributed by atoms with Gasteiger partial charge in [0.15, 0.2) is 0 Å². The van der Waals surface area contributed by atoms with Gasteiger partial charge in [0.05, 0.1) is 17.6 Å². The maximum Gasteiger partial charge on any atom is 0.122 e. The number of rotatable bonds is 9. The predicted molar refractivity (Wildman–Crippen MR) is 110 cm³/mol. The van der Waals surface area contributed by atoms with Gasteiger partial charge in [0.2, 0.25) is 0 Å². The van der Waals surface area contributed by atoms with Gasteiger partial charge >= 0.3 is 0 Å². The van der Waals surface area contributed by atoms with Crippen LogP contribution in [0.3, 0.4) is 0 Å². The number of ether oxygens (including phenoxy) is 1. The van der Waals surface area contributed by atoms with Crippen molar-refractivity contribution in [3.05, 3.63) is 71.6 Å². The lowest BCUT2D eigenvalue weighted by Crippen LogP contribution is -2.12. The number of aromatic nitrogens is 2. The van der Waals surface area contributed by atoms with E-state index in [1.807, 2.05) is 24.3 Å². The number of benzene rings is 2. The molecule has 1 aromatic heterocycles. The Bertz CT molecular complexity index is 928. The van der Waals surface area contributed by atoms with Crippen molar-refractivity contribution < 1.29 is 9.84 Å². The Morgan fingerprint density at radius 3 is 2.74 bits per heavy atom. The fraction of sp³-hybridized carbons (Fsp3) is 0.348. The minimum Gasteiger partial charge on any atom is -0.491 e. The Morgan fingerprint density at radius 2 is 1.96 bits per heavy atom. The first-order valence-electron chi connectivity index (χ1n) is 9.53. The third-order valence-electron chi connectivity index (χ3n) is 4.91. The zero-order chi connectivity index (χ0) is 19.2. The molecule has 0 aliphatic heterocycles. The molecule has 0 saturated carbocycles. The van der Waals surface area contributed by atoms with Crippen molar-refractivity contribution in [2.45, 2.75) is 39.7 Å². The summed E-state index contributed by atoms with van der Waals surface area (Å²) < 4.78 is 8.31. The van der Waals surface area contributed by atoms with Crippen molar-refractivity contribution in [2.75, 3.05) is 13.2 Å². The average molecular weight is 364 g/mol. The largest absolute Gasteiger partial charge is 0.491 e. The maximum absolute atomic E-state index is 9.22. The molecule has 0 unspecified atom stereocenters. The summed E-state index contributed by atoms with van der Waals surface area (Å²) in [5, 5.41) is 9.22. The van der Waals surface area contributed by atoms with Crippen molar-refractivity contribution in [1.82, 2.24) is 9.55 Å². The number of aliphatic hydroxyl groups is 1. The molecular weight excluding hydrogens is 336 g/mol. The molecule has 0 bridgehead atoms. The van der Waals surface area contributed by atoms with E-state index in [1.54, 1.807) is 0 Å². The fourth-order valence-corrected chi connectivity index (χ4v) is 3.32. The van der Waals surface area contributed by atoms with E-state index in [0.717, 1.165) is 47.6 Å². The van der Waals surface area contributed by atoms with Crippen LogP contribution in [0, 0.1) is 13.8 Å². The SMILES string of the molecule is C=CCc1ccccc1OCCn1c(CCCO)nc2cc(C)c(C)cc21. The van der Waals surface area contributed by atoms with E-state index in [1.165, 1.54) is 11.1 Å². The summed E-state index contributed by atoms with van der Waals surface area (Å²) in [6, 6.07) is 12.4. The van der Waals surface area contributed by atoms with E-state index in [9.17, 15) is 5.11 Å². The lowest BCUT2D eigenvalue weighted by molar-refractivity contribution is 0.282. The Hall–Kier alpha value is -2.59. The molecule has 1 heterocycles. The van der Waals surface area contributed by atoms with Gasteiger partial charge in [-0.2, -0.15) is 0 Å². The Balaban J connectivity index is 1.83. The molecule has 0 atom stereocenters. The topological polar surface area (TPSA) is 47.3 Å². The third-order valence-corrected chi connectivity index (χ3v) is 4.91. The van der Waals surface area contributed by atoms with Gasteiger partial charge in [-0.15, -0.1) is 6.58 Å². The van der Waals surface area contributed by atoms with Gasteiger partial charge in [-0.3, -0.25) is 0 Å². The molecule has 27 heavy (non-hydrogen) atoms. The van der Waals surface area contributed by atoms with Crippen LogP contribution in [0.5, 0.6) is 5.75 Å². The number of fused-ring (bicyclic) bond motifs is 1. The quantitative estimate of drug-likeness (QED) is 0.573. The molecule has 0 amide bonds. The maximum atomic E-state index is 9.22. The Kier molecular flexibility index (Phi) is 6.30. The van der Waals surface area contributed by atoms with Gasteiger partial charge in [-0.05, 0) is 61.6 Å². The summed E-state index contributed by atoms with van der Waals surface area (Å²) in [7, 11) is 0. The number of aryl methyl sites for hydroxylation is 3. The molecule has 0 radical (unpaired) electrons. The molecule has 0 aliphatic rings. The normalized spacial score (nSPS) is 11.1. The smallest absolute Gasteiger partial charge is 0.122 e. The number of nitrogens with zero attached hydrogens (tertiary/aromatic N) is 2. The van der Waals surface area contributed by atoms with E-state index in [-0.39, 0.29) is 6.61 Å². The van der Waals surface area contributed by atoms with E-state index < -0.39 is 0 Å². The van der Waals surface area contributed by atoms with Crippen LogP contribution >= 0.6 is 0 Å². The second-order valence-corrected chi connectivity index (χ2v) is 6.88. The second kappa shape index (κ2) is 8.87. The Morgan fingerprint density at radius 1 is 1.19 bits per heavy atom. The van der Waals surface area contributed by atoms with Crippen molar-refractivity contribution in [1.29, 1.82) is 0 Å². The van der Waals surface area contributed by atoms with Crippen LogP contribution in [0.15, 0.2) is 49.1 Å². The number of para-hydroxylation sites is 1. The highest BCUT2D eigenvalue weighted by Gasteiger charge is 2.12. The highest BCUT2D eigenvalue weighted by Crippen LogP contribution is 2.23. The number of imidazole rings is 1. The minimum absolute atomic E-state index is 0.173. The average Bonchev–Trinajstić information content (AvgIpc) is 2.98. The number of hydrogen-bond acceptors (Lipinski definition) is 3. The fourth-order valence-electron chi connectivity index (χ4n) is 3.32. The summed E-state index contributed by atoms with van der Waals surface area (Å²) in [4.78, 5) is 4.81. The molecule has 142 valence electrons. The van der Waals surface area contributed by atoms with Crippen LogP contribution in [0.25, 0.3) is 11.0 Å². The van der Waals surface area contributed by atoms with E-state index >= 15 is 0 Å². The van der Waals surface area contributed by atoms with Gasteiger partial charge in [-0.25, -0.2) is 4.98 Å². The van der Waals surface area contributed by atoms with Gasteiger partial charge in [-0.1, -0.05) is 24.3 Å². The van der Waals surface area contributed by atoms with E-state index in [4.69, 9.17) is 9.72 Å². The summed E-state index contributed by atoms with van der Waals surface area (Å²) in [6.45, 7) is 9.52. The minimum atomic E-state index is 0.173. The molecule has 0 aliphatic carbocycles. The van der Waals surface area contributed by atoms with Gasteiger partial charge in [0.1, 0.15) is 18.2 Å². The number of allylic oxidation sites excluding steroid dienone is 1. The first-order valence-corrected chi connectivity index (χ1v) is 9.53. The zero-order valence-corrected chi connectivity index (χ0v) is 16.2. The summed E-state index contributed by atoms with van der Waals surface area (Å²) in [5.74, 6) is 1.91. The van der Waals surface area contributed by atoms with Crippen LogP contribution in [-0.4, -0.2) is 27.9 Å². The lowest BCUT2D eigenvalue weighted by atomic mass is 10.1. The standard InChI is InChI=1S/C23H28N2O2/c1-4-8-19-9-5-6-10-22(19)27-14-12-25-21-16-18(3)17(2)15-20(21)24-23(25)11-7-13-26/h4-6,9-10,15-16,26H,1,7-8,11-14H2,2-3H3. The van der Waals surface area contributed by atoms with Crippen LogP contribution < -0.4 is 4.74 Å². The molecule has 3 aromatic rings. The zero-order valence-electron chi connectivity index (χ0n) is 16.2. The van der Waals surface area contributed by atoms with Crippen LogP contribution in [0.4, 0.5) is 0 Å². The first-order chi connectivity index (χ1) is 13.1. The second-order valence-electron chi connectivity index (χ2n) is 6.88. The van der Waals surface area contributed by atoms with Crippen molar-refractivity contribution in [3.8, 4) is 5.75 Å². The monoisotopic (exact) mass is 364 g/mol. The van der Waals surface area contributed by atoms with E-state index in [2.05, 4.69) is 43.2 Å². The third kappa shape index (κ3) is 4.40. The molecule has 4 nitrogen and oxygen atoms in total. The Labute approximate surface area is 161 Å². The highest BCUT2D eigenvalue weighted by molar-refractivity contribution is 5.78. The molecule has 2 aromatic carbocycles. The van der Waals surface area contributed by atoms with Crippen molar-refractivity contribution in [2.24, 2.45) is 0 Å². The summed E-state index contributed by atoms with van der Waals surface area (Å²) in [5.41, 5.74) is 5.80. The van der Waals surface area contributed by atoms with Gasteiger partial charge in [0.25, 0.3) is 0 Å². The van der Waals surface area contributed by atoms with E-state index in [0.29, 0.717) is 13.0 Å². The molecule has 0 spiro atoms. The van der Waals surface area contributed by atoms with Crippen LogP contribution in [-0.2, 0) is 19.4 Å². The van der Waals surface area contributed by atoms with Crippen molar-refractivity contribution in [3.63, 3.8) is 0 Å². The van der Waals surface area contributed by atoms with Crippen molar-refractivity contribution >= 4 is 11.0 Å². The van der Waals surface area contributed by atoms with Gasteiger partial charge < -0.3 is 14.4 Å². The summed E-state index contributed by atoms with van der Waals surface area (Å²) in [6.07, 6.45) is 4.16. The number of hydrogen-bond donors (Lipinski definition) is 1. The molecule has 1 N–H and O–H groups in total. The van der Waals surface area contributed by atoms with Gasteiger partial charge in [0, 0.05) is 13.0 Å². The molecule has 4 heteroatoms. The predicted octanol–water partition coefficient (Wildman–Crippen LogP) is 4.39. The highest BCUT2D eigenvalue weighted by atomic mass is 16.5. The summed E-state index contributed by atoms with van der Waals surface area (Å²) >= 11 is 0. The molecule has 3 rings (SSSR count). The lowest BCUT2D eigenvalue weighted by Gasteiger charge is -2.13.